The molecule has 0 atom stereocenters. The molecule has 9 aromatic carbocycles. The molecule has 0 aliphatic heterocycles. The molecule has 0 saturated heterocycles. The second kappa shape index (κ2) is 12.5. The van der Waals surface area contributed by atoms with Crippen molar-refractivity contribution in [2.24, 2.45) is 0 Å². The Morgan fingerprint density at radius 2 is 0.885 bits per heavy atom. The van der Waals surface area contributed by atoms with E-state index in [1.54, 1.807) is 0 Å². The molecule has 0 aliphatic rings. The number of para-hydroxylation sites is 1. The third kappa shape index (κ3) is 5.21. The van der Waals surface area contributed by atoms with E-state index in [4.69, 9.17) is 4.42 Å². The Morgan fingerprint density at radius 3 is 1.63 bits per heavy atom. The van der Waals surface area contributed by atoms with Gasteiger partial charge in [0.2, 0.25) is 0 Å². The number of nitrogens with zero attached hydrogens (tertiary/aromatic N) is 1. The van der Waals surface area contributed by atoms with Crippen molar-refractivity contribution in [1.29, 1.82) is 0 Å². The van der Waals surface area contributed by atoms with Crippen LogP contribution >= 0.6 is 0 Å². The fraction of sp³-hybridized carbons (Fsp3) is 0. The average molecular weight is 664 g/mol. The lowest BCUT2D eigenvalue weighted by Gasteiger charge is -2.28. The predicted molar refractivity (Wildman–Crippen MR) is 220 cm³/mol. The topological polar surface area (TPSA) is 16.4 Å². The van der Waals surface area contributed by atoms with Crippen LogP contribution < -0.4 is 4.90 Å². The van der Waals surface area contributed by atoms with Crippen molar-refractivity contribution in [3.05, 3.63) is 200 Å². The van der Waals surface area contributed by atoms with E-state index >= 15 is 0 Å². The first-order valence-electron chi connectivity index (χ1n) is 17.8. The number of hydrogen-bond acceptors (Lipinski definition) is 2. The molecule has 2 nitrogen and oxygen atoms in total. The van der Waals surface area contributed by atoms with Crippen LogP contribution in [0, 0.1) is 0 Å². The summed E-state index contributed by atoms with van der Waals surface area (Å²) in [5.41, 5.74) is 12.2. The van der Waals surface area contributed by atoms with Crippen molar-refractivity contribution < 1.29 is 4.42 Å². The second-order valence-electron chi connectivity index (χ2n) is 13.4. The number of benzene rings is 9. The number of furan rings is 1. The zero-order valence-electron chi connectivity index (χ0n) is 28.4. The molecule has 0 amide bonds. The van der Waals surface area contributed by atoms with E-state index < -0.39 is 0 Å². The highest BCUT2D eigenvalue weighted by atomic mass is 16.3. The molecule has 0 bridgehead atoms. The Labute approximate surface area is 302 Å². The minimum atomic E-state index is 0.900. The molecule has 0 N–H and O–H groups in total. The van der Waals surface area contributed by atoms with E-state index in [1.165, 1.54) is 43.8 Å². The minimum Gasteiger partial charge on any atom is -0.456 e. The molecule has 0 unspecified atom stereocenters. The van der Waals surface area contributed by atoms with E-state index in [9.17, 15) is 0 Å². The van der Waals surface area contributed by atoms with Gasteiger partial charge >= 0.3 is 0 Å². The summed E-state index contributed by atoms with van der Waals surface area (Å²) in [6, 6.07) is 71.7. The van der Waals surface area contributed by atoms with Gasteiger partial charge in [0.05, 0.1) is 5.69 Å². The summed E-state index contributed by atoms with van der Waals surface area (Å²) in [7, 11) is 0. The van der Waals surface area contributed by atoms with Crippen molar-refractivity contribution in [3.8, 4) is 33.4 Å². The quantitative estimate of drug-likeness (QED) is 0.176. The standard InChI is InChI=1S/C50H33NO/c1-2-12-36(13-3-1)44-17-8-9-19-47(44)51(42-27-23-35(24-28-42)41-22-21-34-11-4-5-14-38(34)31-41)43-29-25-37(26-30-43)45-18-10-20-48-50(45)46-32-39-15-6-7-16-40(39)33-49(46)52-48/h1-33H. The van der Waals surface area contributed by atoms with Crippen LogP contribution in [0.1, 0.15) is 0 Å². The molecular weight excluding hydrogens is 631 g/mol. The van der Waals surface area contributed by atoms with Gasteiger partial charge < -0.3 is 9.32 Å². The van der Waals surface area contributed by atoms with Crippen LogP contribution in [-0.4, -0.2) is 0 Å². The van der Waals surface area contributed by atoms with E-state index in [0.29, 0.717) is 0 Å². The lowest BCUT2D eigenvalue weighted by Crippen LogP contribution is -2.11. The van der Waals surface area contributed by atoms with Gasteiger partial charge in [-0.25, -0.2) is 0 Å². The van der Waals surface area contributed by atoms with Crippen molar-refractivity contribution in [2.45, 2.75) is 0 Å². The van der Waals surface area contributed by atoms with Crippen molar-refractivity contribution in [3.63, 3.8) is 0 Å². The van der Waals surface area contributed by atoms with Gasteiger partial charge in [0, 0.05) is 27.7 Å². The summed E-state index contributed by atoms with van der Waals surface area (Å²) in [6.07, 6.45) is 0. The van der Waals surface area contributed by atoms with Crippen LogP contribution in [0.2, 0.25) is 0 Å². The zero-order chi connectivity index (χ0) is 34.4. The maximum atomic E-state index is 6.41. The third-order valence-electron chi connectivity index (χ3n) is 10.2. The molecule has 0 radical (unpaired) electrons. The van der Waals surface area contributed by atoms with E-state index in [0.717, 1.165) is 50.1 Å². The Hall–Kier alpha value is -6.90. The van der Waals surface area contributed by atoms with Crippen LogP contribution in [0.5, 0.6) is 0 Å². The second-order valence-corrected chi connectivity index (χ2v) is 13.4. The van der Waals surface area contributed by atoms with Gasteiger partial charge in [0.25, 0.3) is 0 Å². The van der Waals surface area contributed by atoms with Gasteiger partial charge in [-0.05, 0) is 104 Å². The first-order chi connectivity index (χ1) is 25.8. The summed E-state index contributed by atoms with van der Waals surface area (Å²) in [4.78, 5) is 2.37. The fourth-order valence-electron chi connectivity index (χ4n) is 7.67. The summed E-state index contributed by atoms with van der Waals surface area (Å²) in [5, 5.41) is 7.17. The van der Waals surface area contributed by atoms with Crippen LogP contribution in [0.3, 0.4) is 0 Å². The molecule has 52 heavy (non-hydrogen) atoms. The molecule has 1 aromatic heterocycles. The normalized spacial score (nSPS) is 11.5. The minimum absolute atomic E-state index is 0.900. The van der Waals surface area contributed by atoms with Crippen LogP contribution in [-0.2, 0) is 0 Å². The highest BCUT2D eigenvalue weighted by Gasteiger charge is 2.19. The predicted octanol–water partition coefficient (Wildman–Crippen LogP) is 14.4. The summed E-state index contributed by atoms with van der Waals surface area (Å²) in [5.74, 6) is 0. The summed E-state index contributed by atoms with van der Waals surface area (Å²) >= 11 is 0. The van der Waals surface area contributed by atoms with E-state index in [-0.39, 0.29) is 0 Å². The van der Waals surface area contributed by atoms with Gasteiger partial charge in [-0.15, -0.1) is 0 Å². The number of fused-ring (bicyclic) bond motifs is 5. The average Bonchev–Trinajstić information content (AvgIpc) is 3.58. The third-order valence-corrected chi connectivity index (χ3v) is 10.2. The highest BCUT2D eigenvalue weighted by Crippen LogP contribution is 2.43. The molecular formula is C50H33NO. The number of anilines is 3. The summed E-state index contributed by atoms with van der Waals surface area (Å²) < 4.78 is 6.41. The van der Waals surface area contributed by atoms with Crippen molar-refractivity contribution in [2.75, 3.05) is 4.90 Å². The monoisotopic (exact) mass is 663 g/mol. The molecule has 244 valence electrons. The van der Waals surface area contributed by atoms with Gasteiger partial charge in [-0.1, -0.05) is 146 Å². The Kier molecular flexibility index (Phi) is 7.18. The van der Waals surface area contributed by atoms with Crippen molar-refractivity contribution >= 4 is 60.5 Å². The number of hydrogen-bond donors (Lipinski definition) is 0. The Bertz CT molecular complexity index is 2890. The molecule has 0 saturated carbocycles. The first kappa shape index (κ1) is 30.0. The first-order valence-corrected chi connectivity index (χ1v) is 17.8. The molecule has 10 rings (SSSR count). The fourth-order valence-corrected chi connectivity index (χ4v) is 7.67. The smallest absolute Gasteiger partial charge is 0.136 e. The number of rotatable bonds is 6. The van der Waals surface area contributed by atoms with Crippen molar-refractivity contribution in [1.82, 2.24) is 0 Å². The SMILES string of the molecule is c1ccc(-c2ccccc2N(c2ccc(-c3ccc4ccccc4c3)cc2)c2ccc(-c3cccc4oc5cc6ccccc6cc5c34)cc2)cc1. The lowest BCUT2D eigenvalue weighted by molar-refractivity contribution is 0.669. The molecule has 10 aromatic rings. The Morgan fingerprint density at radius 1 is 0.327 bits per heavy atom. The molecule has 0 spiro atoms. The zero-order valence-corrected chi connectivity index (χ0v) is 28.4. The maximum Gasteiger partial charge on any atom is 0.136 e. The molecule has 0 aliphatic carbocycles. The molecule has 2 heteroatoms. The highest BCUT2D eigenvalue weighted by molar-refractivity contribution is 6.15. The van der Waals surface area contributed by atoms with Crippen LogP contribution in [0.4, 0.5) is 17.1 Å². The molecule has 1 heterocycles. The lowest BCUT2D eigenvalue weighted by atomic mass is 9.97. The van der Waals surface area contributed by atoms with Gasteiger partial charge in [0.1, 0.15) is 11.2 Å². The van der Waals surface area contributed by atoms with Gasteiger partial charge in [-0.3, -0.25) is 0 Å². The van der Waals surface area contributed by atoms with Gasteiger partial charge in [-0.2, -0.15) is 0 Å². The maximum absolute atomic E-state index is 6.41. The summed E-state index contributed by atoms with van der Waals surface area (Å²) in [6.45, 7) is 0. The van der Waals surface area contributed by atoms with Gasteiger partial charge in [0.15, 0.2) is 0 Å². The molecule has 0 fully saturated rings. The largest absolute Gasteiger partial charge is 0.456 e. The Balaban J connectivity index is 1.09. The van der Waals surface area contributed by atoms with Crippen LogP contribution in [0.25, 0.3) is 76.9 Å². The van der Waals surface area contributed by atoms with Crippen LogP contribution in [0.15, 0.2) is 205 Å². The van der Waals surface area contributed by atoms with E-state index in [1.807, 2.05) is 0 Å². The van der Waals surface area contributed by atoms with E-state index in [2.05, 4.69) is 205 Å².